The fourth-order valence-corrected chi connectivity index (χ4v) is 1.84. The van der Waals surface area contributed by atoms with Crippen LogP contribution in [0, 0.1) is 0 Å². The average molecular weight is 322 g/mol. The lowest BCUT2D eigenvalue weighted by Gasteiger charge is -2.04. The fraction of sp³-hybridized carbons (Fsp3) is 0.267. The number of urea groups is 1. The van der Waals surface area contributed by atoms with E-state index >= 15 is 0 Å². The second-order valence-electron chi connectivity index (χ2n) is 4.12. The van der Waals surface area contributed by atoms with E-state index < -0.39 is 24.5 Å². The maximum Gasteiger partial charge on any atom is 0.331 e. The molecule has 0 spiro atoms. The summed E-state index contributed by atoms with van der Waals surface area (Å²) in [6, 6.07) is 7.01. The van der Waals surface area contributed by atoms with Gasteiger partial charge in [-0.1, -0.05) is 12.1 Å². The van der Waals surface area contributed by atoms with Gasteiger partial charge in [0.15, 0.2) is 6.61 Å². The Morgan fingerprint density at radius 3 is 2.50 bits per heavy atom. The molecule has 0 radical (unpaired) electrons. The van der Waals surface area contributed by atoms with Crippen LogP contribution in [0.15, 0.2) is 35.2 Å². The molecule has 7 heteroatoms. The van der Waals surface area contributed by atoms with Crippen molar-refractivity contribution in [2.24, 2.45) is 0 Å². The number of rotatable bonds is 6. The molecule has 0 unspecified atom stereocenters. The zero-order valence-electron chi connectivity index (χ0n) is 12.4. The molecule has 0 fully saturated rings. The summed E-state index contributed by atoms with van der Waals surface area (Å²) in [5.41, 5.74) is 0.849. The summed E-state index contributed by atoms with van der Waals surface area (Å²) in [5.74, 6) is -1.34. The van der Waals surface area contributed by atoms with Gasteiger partial charge in [-0.05, 0) is 37.0 Å². The topological polar surface area (TPSA) is 84.5 Å². The highest BCUT2D eigenvalue weighted by Crippen LogP contribution is 2.15. The van der Waals surface area contributed by atoms with Gasteiger partial charge in [0.2, 0.25) is 0 Å². The van der Waals surface area contributed by atoms with Crippen LogP contribution in [0.4, 0.5) is 4.79 Å². The molecule has 1 aromatic carbocycles. The van der Waals surface area contributed by atoms with E-state index in [0.29, 0.717) is 6.54 Å². The normalized spacial score (nSPS) is 10.3. The Morgan fingerprint density at radius 2 is 1.91 bits per heavy atom. The van der Waals surface area contributed by atoms with Crippen molar-refractivity contribution in [1.82, 2.24) is 10.6 Å². The van der Waals surface area contributed by atoms with Crippen LogP contribution in [-0.2, 0) is 14.3 Å². The minimum absolute atomic E-state index is 0.400. The quantitative estimate of drug-likeness (QED) is 0.474. The van der Waals surface area contributed by atoms with Gasteiger partial charge in [0.05, 0.1) is 0 Å². The molecule has 1 aromatic rings. The molecular formula is C15H18N2O4S. The number of hydrogen-bond donors (Lipinski definition) is 2. The van der Waals surface area contributed by atoms with Crippen molar-refractivity contribution in [2.45, 2.75) is 11.8 Å². The van der Waals surface area contributed by atoms with Crippen LogP contribution < -0.4 is 10.6 Å². The molecule has 0 saturated carbocycles. The van der Waals surface area contributed by atoms with Crippen LogP contribution in [0.2, 0.25) is 0 Å². The Morgan fingerprint density at radius 1 is 1.23 bits per heavy atom. The van der Waals surface area contributed by atoms with Crippen LogP contribution in [0.5, 0.6) is 0 Å². The van der Waals surface area contributed by atoms with Gasteiger partial charge >= 0.3 is 12.0 Å². The van der Waals surface area contributed by atoms with E-state index in [-0.39, 0.29) is 0 Å². The number of ether oxygens (including phenoxy) is 1. The summed E-state index contributed by atoms with van der Waals surface area (Å²) in [6.07, 6.45) is 4.80. The van der Waals surface area contributed by atoms with E-state index in [2.05, 4.69) is 5.32 Å². The van der Waals surface area contributed by atoms with E-state index in [4.69, 9.17) is 4.74 Å². The second kappa shape index (κ2) is 9.62. The van der Waals surface area contributed by atoms with Crippen LogP contribution in [-0.4, -0.2) is 37.3 Å². The highest BCUT2D eigenvalue weighted by atomic mass is 32.2. The number of nitrogens with one attached hydrogen (secondary N) is 2. The molecule has 1 rings (SSSR count). The van der Waals surface area contributed by atoms with Crippen LogP contribution in [0.1, 0.15) is 12.5 Å². The van der Waals surface area contributed by atoms with Gasteiger partial charge in [0.1, 0.15) is 0 Å². The molecule has 0 aromatic heterocycles. The monoisotopic (exact) mass is 322 g/mol. The third-order valence-corrected chi connectivity index (χ3v) is 3.21. The van der Waals surface area contributed by atoms with E-state index in [0.717, 1.165) is 10.5 Å². The lowest BCUT2D eigenvalue weighted by Crippen LogP contribution is -2.41. The molecule has 0 atom stereocenters. The maximum atomic E-state index is 11.5. The first-order valence-electron chi connectivity index (χ1n) is 6.61. The van der Waals surface area contributed by atoms with E-state index in [1.165, 1.54) is 6.08 Å². The number of esters is 1. The standard InChI is InChI=1S/C15H18N2O4S/c1-3-16-15(20)17-13(18)10-21-14(19)9-6-11-4-7-12(22-2)8-5-11/h4-9H,3,10H2,1-2H3,(H2,16,17,18,20). The van der Waals surface area contributed by atoms with Gasteiger partial charge in [-0.25, -0.2) is 9.59 Å². The lowest BCUT2D eigenvalue weighted by atomic mass is 10.2. The summed E-state index contributed by atoms with van der Waals surface area (Å²) in [5, 5.41) is 4.42. The largest absolute Gasteiger partial charge is 0.452 e. The number of carbonyl (C=O) groups excluding carboxylic acids is 3. The van der Waals surface area contributed by atoms with Crippen molar-refractivity contribution in [3.8, 4) is 0 Å². The van der Waals surface area contributed by atoms with Crippen LogP contribution >= 0.6 is 11.8 Å². The summed E-state index contributed by atoms with van der Waals surface area (Å²) >= 11 is 1.63. The zero-order valence-corrected chi connectivity index (χ0v) is 13.2. The number of thioether (sulfide) groups is 1. The molecular weight excluding hydrogens is 304 g/mol. The third-order valence-electron chi connectivity index (χ3n) is 2.46. The second-order valence-corrected chi connectivity index (χ2v) is 5.00. The Balaban J connectivity index is 2.37. The lowest BCUT2D eigenvalue weighted by molar-refractivity contribution is -0.143. The molecule has 0 aliphatic heterocycles. The Bertz CT molecular complexity index is 555. The molecule has 2 N–H and O–H groups in total. The third kappa shape index (κ3) is 6.94. The Kier molecular flexibility index (Phi) is 7.77. The molecule has 0 saturated heterocycles. The predicted octanol–water partition coefficient (Wildman–Crippen LogP) is 1.81. The molecule has 0 heterocycles. The molecule has 0 aliphatic rings. The molecule has 22 heavy (non-hydrogen) atoms. The first kappa shape index (κ1) is 17.8. The van der Waals surface area contributed by atoms with E-state index in [9.17, 15) is 14.4 Å². The first-order chi connectivity index (χ1) is 10.5. The van der Waals surface area contributed by atoms with Crippen molar-refractivity contribution in [3.63, 3.8) is 0 Å². The van der Waals surface area contributed by atoms with E-state index in [1.54, 1.807) is 24.8 Å². The van der Waals surface area contributed by atoms with Crippen LogP contribution in [0.3, 0.4) is 0 Å². The fourth-order valence-electron chi connectivity index (χ4n) is 1.43. The SMILES string of the molecule is CCNC(=O)NC(=O)COC(=O)C=Cc1ccc(SC)cc1. The molecule has 6 nitrogen and oxygen atoms in total. The Labute approximate surface area is 133 Å². The van der Waals surface area contributed by atoms with Crippen molar-refractivity contribution in [3.05, 3.63) is 35.9 Å². The maximum absolute atomic E-state index is 11.5. The van der Waals surface area contributed by atoms with Gasteiger partial charge in [0.25, 0.3) is 5.91 Å². The van der Waals surface area contributed by atoms with Gasteiger partial charge in [-0.3, -0.25) is 10.1 Å². The zero-order chi connectivity index (χ0) is 16.4. The minimum Gasteiger partial charge on any atom is -0.452 e. The summed E-state index contributed by atoms with van der Waals surface area (Å²) in [6.45, 7) is 1.61. The highest BCUT2D eigenvalue weighted by Gasteiger charge is 2.08. The van der Waals surface area contributed by atoms with Crippen molar-refractivity contribution in [2.75, 3.05) is 19.4 Å². The number of imide groups is 1. The van der Waals surface area contributed by atoms with Crippen molar-refractivity contribution in [1.29, 1.82) is 0 Å². The molecule has 0 aliphatic carbocycles. The number of carbonyl (C=O) groups is 3. The summed E-state index contributed by atoms with van der Waals surface area (Å²) in [7, 11) is 0. The predicted molar refractivity (Wildman–Crippen MR) is 85.4 cm³/mol. The molecule has 3 amide bonds. The Hall–Kier alpha value is -2.28. The van der Waals surface area contributed by atoms with Crippen molar-refractivity contribution < 1.29 is 19.1 Å². The highest BCUT2D eigenvalue weighted by molar-refractivity contribution is 7.98. The molecule has 118 valence electrons. The summed E-state index contributed by atoms with van der Waals surface area (Å²) < 4.78 is 4.73. The number of benzene rings is 1. The smallest absolute Gasteiger partial charge is 0.331 e. The average Bonchev–Trinajstić information content (AvgIpc) is 2.51. The van der Waals surface area contributed by atoms with Gasteiger partial charge in [0, 0.05) is 17.5 Å². The van der Waals surface area contributed by atoms with E-state index in [1.807, 2.05) is 35.8 Å². The molecule has 0 bridgehead atoms. The first-order valence-corrected chi connectivity index (χ1v) is 7.84. The summed E-state index contributed by atoms with van der Waals surface area (Å²) in [4.78, 5) is 35.0. The van der Waals surface area contributed by atoms with Crippen LogP contribution in [0.25, 0.3) is 6.08 Å². The van der Waals surface area contributed by atoms with Crippen molar-refractivity contribution >= 4 is 35.7 Å². The minimum atomic E-state index is -0.683. The number of amides is 3. The van der Waals surface area contributed by atoms with Gasteiger partial charge in [-0.15, -0.1) is 11.8 Å². The van der Waals surface area contributed by atoms with Gasteiger partial charge < -0.3 is 10.1 Å². The van der Waals surface area contributed by atoms with Gasteiger partial charge in [-0.2, -0.15) is 0 Å². The number of hydrogen-bond acceptors (Lipinski definition) is 5.